The Labute approximate surface area is 107 Å². The molecule has 100 valence electrons. The Balaban J connectivity index is 1.79. The highest BCUT2D eigenvalue weighted by molar-refractivity contribution is 5.28. The summed E-state index contributed by atoms with van der Waals surface area (Å²) in [5.74, 6) is 0. The third-order valence-corrected chi connectivity index (χ3v) is 4.16. The second-order valence-corrected chi connectivity index (χ2v) is 5.25. The van der Waals surface area contributed by atoms with Crippen LogP contribution in [0.3, 0.4) is 0 Å². The van der Waals surface area contributed by atoms with Crippen LogP contribution in [0.2, 0.25) is 0 Å². The molecule has 2 aliphatic rings. The molecule has 1 aromatic rings. The summed E-state index contributed by atoms with van der Waals surface area (Å²) in [6.45, 7) is 3.78. The summed E-state index contributed by atoms with van der Waals surface area (Å²) < 4.78 is 7.50. The molecule has 0 bridgehead atoms. The van der Waals surface area contributed by atoms with Crippen LogP contribution in [0.5, 0.6) is 0 Å². The third-order valence-electron chi connectivity index (χ3n) is 4.16. The van der Waals surface area contributed by atoms with E-state index in [0.717, 1.165) is 44.8 Å². The van der Waals surface area contributed by atoms with Crippen LogP contribution in [0, 0.1) is 0 Å². The summed E-state index contributed by atoms with van der Waals surface area (Å²) in [7, 11) is 1.97. The van der Waals surface area contributed by atoms with E-state index in [4.69, 9.17) is 4.74 Å². The fourth-order valence-corrected chi connectivity index (χ4v) is 3.14. The molecule has 2 aliphatic heterocycles. The van der Waals surface area contributed by atoms with Crippen molar-refractivity contribution in [2.75, 3.05) is 19.8 Å². The van der Waals surface area contributed by atoms with Crippen molar-refractivity contribution in [3.8, 4) is 0 Å². The maximum absolute atomic E-state index is 9.38. The molecule has 0 aromatic carbocycles. The van der Waals surface area contributed by atoms with Crippen LogP contribution in [-0.4, -0.2) is 45.6 Å². The van der Waals surface area contributed by atoms with Gasteiger partial charge in [-0.1, -0.05) is 0 Å². The molecule has 0 spiro atoms. The Hall–Kier alpha value is -0.910. The zero-order valence-corrected chi connectivity index (χ0v) is 10.9. The standard InChI is InChI=1S/C13H21N3O2/c1-15-13-4-5-16(10-3-2-6-18-9-10)7-11(13)12(8-17)14-15/h10,17H,2-9H2,1H3. The van der Waals surface area contributed by atoms with E-state index >= 15 is 0 Å². The van der Waals surface area contributed by atoms with Gasteiger partial charge in [0.25, 0.3) is 0 Å². The maximum Gasteiger partial charge on any atom is 0.0926 e. The van der Waals surface area contributed by atoms with E-state index in [0.29, 0.717) is 6.04 Å². The first-order valence-corrected chi connectivity index (χ1v) is 6.76. The lowest BCUT2D eigenvalue weighted by molar-refractivity contribution is 0.0121. The lowest BCUT2D eigenvalue weighted by Crippen LogP contribution is -2.44. The average molecular weight is 251 g/mol. The molecule has 5 nitrogen and oxygen atoms in total. The number of hydrogen-bond donors (Lipinski definition) is 1. The molecule has 0 saturated carbocycles. The molecule has 3 heterocycles. The van der Waals surface area contributed by atoms with Gasteiger partial charge in [-0.2, -0.15) is 5.10 Å². The number of hydrogen-bond acceptors (Lipinski definition) is 4. The number of ether oxygens (including phenoxy) is 1. The highest BCUT2D eigenvalue weighted by Crippen LogP contribution is 2.25. The van der Waals surface area contributed by atoms with Crippen molar-refractivity contribution in [2.24, 2.45) is 7.05 Å². The molecule has 1 atom stereocenters. The number of aromatic nitrogens is 2. The van der Waals surface area contributed by atoms with E-state index in [-0.39, 0.29) is 6.61 Å². The summed E-state index contributed by atoms with van der Waals surface area (Å²) in [6, 6.07) is 0.540. The fraction of sp³-hybridized carbons (Fsp3) is 0.769. The molecule has 0 amide bonds. The van der Waals surface area contributed by atoms with E-state index < -0.39 is 0 Å². The summed E-state index contributed by atoms with van der Waals surface area (Å²) >= 11 is 0. The van der Waals surface area contributed by atoms with Gasteiger partial charge in [0.15, 0.2) is 0 Å². The van der Waals surface area contributed by atoms with Crippen LogP contribution in [0.25, 0.3) is 0 Å². The van der Waals surface area contributed by atoms with E-state index in [2.05, 4.69) is 10.00 Å². The fourth-order valence-electron chi connectivity index (χ4n) is 3.14. The smallest absolute Gasteiger partial charge is 0.0926 e. The van der Waals surface area contributed by atoms with E-state index in [1.165, 1.54) is 17.7 Å². The van der Waals surface area contributed by atoms with Gasteiger partial charge in [-0.15, -0.1) is 0 Å². The topological polar surface area (TPSA) is 50.5 Å². The van der Waals surface area contributed by atoms with Crippen molar-refractivity contribution >= 4 is 0 Å². The molecule has 5 heteroatoms. The van der Waals surface area contributed by atoms with Crippen molar-refractivity contribution in [3.63, 3.8) is 0 Å². The quantitative estimate of drug-likeness (QED) is 0.829. The van der Waals surface area contributed by atoms with Crippen LogP contribution < -0.4 is 0 Å². The average Bonchev–Trinajstić information content (AvgIpc) is 2.76. The Kier molecular flexibility index (Phi) is 3.37. The lowest BCUT2D eigenvalue weighted by Gasteiger charge is -2.36. The van der Waals surface area contributed by atoms with Crippen molar-refractivity contribution < 1.29 is 9.84 Å². The van der Waals surface area contributed by atoms with Crippen LogP contribution in [0.15, 0.2) is 0 Å². The largest absolute Gasteiger partial charge is 0.390 e. The number of fused-ring (bicyclic) bond motifs is 1. The van der Waals surface area contributed by atoms with Crippen LogP contribution in [0.4, 0.5) is 0 Å². The van der Waals surface area contributed by atoms with E-state index in [1.807, 2.05) is 11.7 Å². The Morgan fingerprint density at radius 2 is 2.39 bits per heavy atom. The van der Waals surface area contributed by atoms with Gasteiger partial charge in [0.2, 0.25) is 0 Å². The van der Waals surface area contributed by atoms with Gasteiger partial charge in [0, 0.05) is 50.5 Å². The molecular weight excluding hydrogens is 230 g/mol. The molecule has 18 heavy (non-hydrogen) atoms. The van der Waals surface area contributed by atoms with E-state index in [1.54, 1.807) is 0 Å². The summed E-state index contributed by atoms with van der Waals surface area (Å²) in [5.41, 5.74) is 3.36. The van der Waals surface area contributed by atoms with Gasteiger partial charge in [0.05, 0.1) is 18.9 Å². The second-order valence-electron chi connectivity index (χ2n) is 5.25. The van der Waals surface area contributed by atoms with Gasteiger partial charge >= 0.3 is 0 Å². The SMILES string of the molecule is Cn1nc(CO)c2c1CCN(C1CCCOC1)C2. The van der Waals surface area contributed by atoms with Crippen LogP contribution in [-0.2, 0) is 31.4 Å². The zero-order valence-electron chi connectivity index (χ0n) is 10.9. The normalized spacial score (nSPS) is 25.1. The van der Waals surface area contributed by atoms with Crippen molar-refractivity contribution in [2.45, 2.75) is 38.5 Å². The highest BCUT2D eigenvalue weighted by atomic mass is 16.5. The van der Waals surface area contributed by atoms with Gasteiger partial charge in [-0.25, -0.2) is 0 Å². The molecule has 3 rings (SSSR count). The molecule has 1 fully saturated rings. The van der Waals surface area contributed by atoms with Gasteiger partial charge in [-0.05, 0) is 12.8 Å². The summed E-state index contributed by atoms with van der Waals surface area (Å²) in [6.07, 6.45) is 3.41. The van der Waals surface area contributed by atoms with Crippen molar-refractivity contribution in [1.29, 1.82) is 0 Å². The molecule has 0 aliphatic carbocycles. The number of aliphatic hydroxyl groups excluding tert-OH is 1. The maximum atomic E-state index is 9.38. The minimum absolute atomic E-state index is 0.0399. The zero-order chi connectivity index (χ0) is 12.5. The summed E-state index contributed by atoms with van der Waals surface area (Å²) in [4.78, 5) is 2.49. The number of aliphatic hydroxyl groups is 1. The minimum Gasteiger partial charge on any atom is -0.390 e. The van der Waals surface area contributed by atoms with E-state index in [9.17, 15) is 5.11 Å². The lowest BCUT2D eigenvalue weighted by atomic mass is 10.0. The van der Waals surface area contributed by atoms with Crippen LogP contribution in [0.1, 0.15) is 29.8 Å². The highest BCUT2D eigenvalue weighted by Gasteiger charge is 2.28. The molecule has 1 N–H and O–H groups in total. The second kappa shape index (κ2) is 4.99. The number of rotatable bonds is 2. The number of aryl methyl sites for hydroxylation is 1. The molecule has 1 aromatic heterocycles. The minimum atomic E-state index is 0.0399. The first-order valence-electron chi connectivity index (χ1n) is 6.76. The Morgan fingerprint density at radius 3 is 3.11 bits per heavy atom. The predicted molar refractivity (Wildman–Crippen MR) is 67.1 cm³/mol. The van der Waals surface area contributed by atoms with Gasteiger partial charge < -0.3 is 9.84 Å². The van der Waals surface area contributed by atoms with Gasteiger partial charge in [0.1, 0.15) is 0 Å². The van der Waals surface area contributed by atoms with Gasteiger partial charge in [-0.3, -0.25) is 9.58 Å². The Bertz CT molecular complexity index is 424. The first-order chi connectivity index (χ1) is 8.79. The monoisotopic (exact) mass is 251 g/mol. The molecule has 1 unspecified atom stereocenters. The molecular formula is C13H21N3O2. The van der Waals surface area contributed by atoms with Crippen LogP contribution >= 0.6 is 0 Å². The van der Waals surface area contributed by atoms with Crippen molar-refractivity contribution in [3.05, 3.63) is 17.0 Å². The Morgan fingerprint density at radius 1 is 1.50 bits per heavy atom. The molecule has 1 saturated heterocycles. The molecule has 0 radical (unpaired) electrons. The first kappa shape index (κ1) is 12.1. The van der Waals surface area contributed by atoms with Crippen molar-refractivity contribution in [1.82, 2.24) is 14.7 Å². The predicted octanol–water partition coefficient (Wildman–Crippen LogP) is 0.449. The number of nitrogens with zero attached hydrogens (tertiary/aromatic N) is 3. The third kappa shape index (κ3) is 2.06. The summed E-state index contributed by atoms with van der Waals surface area (Å²) in [5, 5.41) is 13.8.